The van der Waals surface area contributed by atoms with Crippen LogP contribution >= 0.6 is 12.6 Å². The van der Waals surface area contributed by atoms with Crippen molar-refractivity contribution in [1.82, 2.24) is 16.0 Å². The average molecular weight is 527 g/mol. The van der Waals surface area contributed by atoms with E-state index in [1.165, 1.54) is 12.1 Å². The first kappa shape index (κ1) is 30.7. The predicted molar refractivity (Wildman–Crippen MR) is 134 cm³/mol. The molecule has 0 heterocycles. The fourth-order valence-corrected chi connectivity index (χ4v) is 3.38. The first-order valence-electron chi connectivity index (χ1n) is 11.2. The maximum absolute atomic E-state index is 13.1. The minimum absolute atomic E-state index is 0.00100. The van der Waals surface area contributed by atoms with Gasteiger partial charge in [0.25, 0.3) is 0 Å². The highest BCUT2D eigenvalue weighted by Gasteiger charge is 2.31. The molecule has 0 aliphatic carbocycles. The van der Waals surface area contributed by atoms with Crippen molar-refractivity contribution in [3.05, 3.63) is 29.8 Å². The highest BCUT2D eigenvalue weighted by molar-refractivity contribution is 7.80. The fourth-order valence-electron chi connectivity index (χ4n) is 3.14. The number of carboxylic acid groups (broad SMARTS) is 1. The van der Waals surface area contributed by atoms with Gasteiger partial charge >= 0.3 is 5.97 Å². The summed E-state index contributed by atoms with van der Waals surface area (Å²) in [7, 11) is 0. The van der Waals surface area contributed by atoms with E-state index in [1.54, 1.807) is 12.1 Å². The molecule has 14 heteroatoms. The minimum Gasteiger partial charge on any atom is -0.508 e. The number of carboxylic acids is 1. The molecule has 4 amide bonds. The zero-order valence-electron chi connectivity index (χ0n) is 19.7. The molecule has 0 saturated carbocycles. The summed E-state index contributed by atoms with van der Waals surface area (Å²) in [5.41, 5.74) is 17.2. The minimum atomic E-state index is -1.51. The standard InChI is InChI=1S/C22H34N6O7S/c23-8-2-1-3-14(24)19(31)26-15(9-12-4-6-13(29)7-5-12)20(32)27-16(10-18(25)30)21(33)28-17(11-36)22(34)35/h4-7,14-17,29,36H,1-3,8-11,23-24H2,(H2,25,30)(H,26,31)(H,27,32)(H,28,33)(H,34,35). The first-order valence-corrected chi connectivity index (χ1v) is 11.9. The molecule has 13 nitrogen and oxygen atoms in total. The molecular weight excluding hydrogens is 492 g/mol. The molecule has 36 heavy (non-hydrogen) atoms. The molecule has 0 radical (unpaired) electrons. The normalized spacial score (nSPS) is 14.1. The predicted octanol–water partition coefficient (Wildman–Crippen LogP) is -2.26. The molecule has 1 aromatic carbocycles. The van der Waals surface area contributed by atoms with Gasteiger partial charge in [-0.05, 0) is 37.1 Å². The van der Waals surface area contributed by atoms with Crippen molar-refractivity contribution in [3.63, 3.8) is 0 Å². The van der Waals surface area contributed by atoms with E-state index < -0.39 is 60.2 Å². The summed E-state index contributed by atoms with van der Waals surface area (Å²) in [6.07, 6.45) is 0.966. The Morgan fingerprint density at radius 1 is 0.889 bits per heavy atom. The number of aromatic hydroxyl groups is 1. The Labute approximate surface area is 213 Å². The SMILES string of the molecule is NCCCCC(N)C(=O)NC(Cc1ccc(O)cc1)C(=O)NC(CC(N)=O)C(=O)NC(CS)C(=O)O. The third-order valence-corrected chi connectivity index (χ3v) is 5.52. The topological polar surface area (TPSA) is 240 Å². The molecule has 200 valence electrons. The van der Waals surface area contributed by atoms with Crippen LogP contribution in [-0.4, -0.2) is 76.3 Å². The van der Waals surface area contributed by atoms with E-state index in [0.29, 0.717) is 31.4 Å². The Hall–Kier alpha value is -3.36. The summed E-state index contributed by atoms with van der Waals surface area (Å²) in [5.74, 6) is -4.91. The Kier molecular flexibility index (Phi) is 13.3. The molecule has 0 bridgehead atoms. The highest BCUT2D eigenvalue weighted by atomic mass is 32.1. The Morgan fingerprint density at radius 3 is 1.97 bits per heavy atom. The van der Waals surface area contributed by atoms with E-state index in [2.05, 4.69) is 28.6 Å². The smallest absolute Gasteiger partial charge is 0.327 e. The molecule has 0 aliphatic heterocycles. The van der Waals surface area contributed by atoms with E-state index in [4.69, 9.17) is 22.3 Å². The summed E-state index contributed by atoms with van der Waals surface area (Å²) >= 11 is 3.86. The van der Waals surface area contributed by atoms with Crippen molar-refractivity contribution in [2.45, 2.75) is 56.3 Å². The number of carbonyl (C=O) groups excluding carboxylic acids is 4. The molecule has 11 N–H and O–H groups in total. The third-order valence-electron chi connectivity index (χ3n) is 5.15. The van der Waals surface area contributed by atoms with Gasteiger partial charge in [0.15, 0.2) is 0 Å². The van der Waals surface area contributed by atoms with Crippen LogP contribution in [-0.2, 0) is 30.4 Å². The molecule has 0 aromatic heterocycles. The lowest BCUT2D eigenvalue weighted by Crippen LogP contribution is -2.58. The van der Waals surface area contributed by atoms with Gasteiger partial charge in [-0.15, -0.1) is 0 Å². The monoisotopic (exact) mass is 526 g/mol. The summed E-state index contributed by atoms with van der Waals surface area (Å²) in [4.78, 5) is 61.1. The van der Waals surface area contributed by atoms with Gasteiger partial charge in [-0.1, -0.05) is 18.6 Å². The summed E-state index contributed by atoms with van der Waals surface area (Å²) in [6.45, 7) is 0.444. The van der Waals surface area contributed by atoms with E-state index in [0.717, 1.165) is 0 Å². The largest absolute Gasteiger partial charge is 0.508 e. The van der Waals surface area contributed by atoms with Crippen LogP contribution in [0.3, 0.4) is 0 Å². The van der Waals surface area contributed by atoms with Crippen LogP contribution in [0, 0.1) is 0 Å². The average Bonchev–Trinajstić information content (AvgIpc) is 2.82. The van der Waals surface area contributed by atoms with Crippen molar-refractivity contribution < 1.29 is 34.2 Å². The quantitative estimate of drug-likeness (QED) is 0.0832. The highest BCUT2D eigenvalue weighted by Crippen LogP contribution is 2.12. The van der Waals surface area contributed by atoms with Gasteiger partial charge in [-0.2, -0.15) is 12.6 Å². The Morgan fingerprint density at radius 2 is 1.44 bits per heavy atom. The number of aliphatic carboxylic acids is 1. The molecule has 1 aromatic rings. The van der Waals surface area contributed by atoms with Crippen molar-refractivity contribution in [2.24, 2.45) is 17.2 Å². The second-order valence-corrected chi connectivity index (χ2v) is 8.50. The van der Waals surface area contributed by atoms with Crippen LogP contribution in [0.15, 0.2) is 24.3 Å². The molecular formula is C22H34N6O7S. The summed E-state index contributed by atoms with van der Waals surface area (Å²) in [6, 6.07) is 0.881. The molecule has 0 fully saturated rings. The maximum Gasteiger partial charge on any atom is 0.327 e. The van der Waals surface area contributed by atoms with Gasteiger partial charge < -0.3 is 43.4 Å². The summed E-state index contributed by atoms with van der Waals surface area (Å²) in [5, 5.41) is 25.7. The zero-order valence-corrected chi connectivity index (χ0v) is 20.6. The Balaban J connectivity index is 3.08. The second-order valence-electron chi connectivity index (χ2n) is 8.14. The van der Waals surface area contributed by atoms with Crippen LogP contribution in [0.5, 0.6) is 5.75 Å². The van der Waals surface area contributed by atoms with E-state index in [1.807, 2.05) is 0 Å². The number of amides is 4. The van der Waals surface area contributed by atoms with Gasteiger partial charge in [-0.3, -0.25) is 19.2 Å². The van der Waals surface area contributed by atoms with Crippen molar-refractivity contribution in [3.8, 4) is 5.75 Å². The van der Waals surface area contributed by atoms with Crippen molar-refractivity contribution in [2.75, 3.05) is 12.3 Å². The van der Waals surface area contributed by atoms with E-state index in [9.17, 15) is 29.1 Å². The van der Waals surface area contributed by atoms with Gasteiger partial charge in [0.05, 0.1) is 12.5 Å². The zero-order chi connectivity index (χ0) is 27.3. The summed E-state index contributed by atoms with van der Waals surface area (Å²) < 4.78 is 0. The van der Waals surface area contributed by atoms with Gasteiger partial charge in [-0.25, -0.2) is 4.79 Å². The number of phenols is 1. The van der Waals surface area contributed by atoms with Gasteiger partial charge in [0, 0.05) is 12.2 Å². The van der Waals surface area contributed by atoms with Crippen LogP contribution in [0.25, 0.3) is 0 Å². The number of benzene rings is 1. The van der Waals surface area contributed by atoms with Crippen LogP contribution in [0.1, 0.15) is 31.2 Å². The number of unbranched alkanes of at least 4 members (excludes halogenated alkanes) is 1. The first-order chi connectivity index (χ1) is 17.0. The number of hydrogen-bond donors (Lipinski definition) is 9. The van der Waals surface area contributed by atoms with Crippen LogP contribution in [0.4, 0.5) is 0 Å². The molecule has 4 atom stereocenters. The number of carbonyl (C=O) groups is 5. The maximum atomic E-state index is 13.1. The Bertz CT molecular complexity index is 915. The lowest BCUT2D eigenvalue weighted by Gasteiger charge is -2.24. The van der Waals surface area contributed by atoms with Crippen molar-refractivity contribution >= 4 is 42.2 Å². The van der Waals surface area contributed by atoms with Crippen molar-refractivity contribution in [1.29, 1.82) is 0 Å². The number of hydrogen-bond acceptors (Lipinski definition) is 9. The van der Waals surface area contributed by atoms with E-state index >= 15 is 0 Å². The number of nitrogens with one attached hydrogen (secondary N) is 3. The molecule has 0 saturated heterocycles. The third kappa shape index (κ3) is 10.9. The lowest BCUT2D eigenvalue weighted by atomic mass is 10.0. The van der Waals surface area contributed by atoms with E-state index in [-0.39, 0.29) is 17.9 Å². The second kappa shape index (κ2) is 15.6. The number of rotatable bonds is 16. The number of thiol groups is 1. The molecule has 4 unspecified atom stereocenters. The van der Waals surface area contributed by atoms with Gasteiger partial charge in [0.1, 0.15) is 23.9 Å². The fraction of sp³-hybridized carbons (Fsp3) is 0.500. The number of primary amides is 1. The van der Waals surface area contributed by atoms with Crippen LogP contribution in [0.2, 0.25) is 0 Å². The number of phenolic OH excluding ortho intramolecular Hbond substituents is 1. The molecule has 1 rings (SSSR count). The molecule has 0 spiro atoms. The van der Waals surface area contributed by atoms with Crippen LogP contribution < -0.4 is 33.2 Å². The lowest BCUT2D eigenvalue weighted by molar-refractivity contribution is -0.141. The number of nitrogens with two attached hydrogens (primary N) is 3. The van der Waals surface area contributed by atoms with Gasteiger partial charge in [0.2, 0.25) is 23.6 Å². The molecule has 0 aliphatic rings.